The summed E-state index contributed by atoms with van der Waals surface area (Å²) in [7, 11) is 4.67. The van der Waals surface area contributed by atoms with E-state index >= 15 is 0 Å². The summed E-state index contributed by atoms with van der Waals surface area (Å²) in [6.45, 7) is 0. The molecule has 1 aromatic heterocycles. The van der Waals surface area contributed by atoms with Gasteiger partial charge in [0.25, 0.3) is 5.56 Å². The summed E-state index contributed by atoms with van der Waals surface area (Å²) in [6, 6.07) is 14.1. The Hall–Kier alpha value is -3.46. The van der Waals surface area contributed by atoms with Gasteiger partial charge in [-0.3, -0.25) is 9.59 Å². The number of methoxy groups -OCH3 is 3. The molecule has 3 rings (SSSR count). The van der Waals surface area contributed by atoms with Gasteiger partial charge >= 0.3 is 0 Å². The lowest BCUT2D eigenvalue weighted by Crippen LogP contribution is -2.18. The standard InChI is InChI=1S/C22H23N3O5S/c1-28-16-6-4-5-14(9-16)13-31-22-23-15(11-21(27)25-22)10-20(26)24-18-8-7-17(29-2)12-19(18)30-3/h4-9,11-12H,10,13H2,1-3H3,(H,24,26)(H,23,25,27). The molecule has 0 spiro atoms. The maximum atomic E-state index is 12.5. The number of aromatic amines is 1. The topological polar surface area (TPSA) is 103 Å². The first-order valence-corrected chi connectivity index (χ1v) is 10.4. The van der Waals surface area contributed by atoms with Crippen LogP contribution in [0.3, 0.4) is 0 Å². The van der Waals surface area contributed by atoms with Crippen molar-refractivity contribution in [1.82, 2.24) is 9.97 Å². The summed E-state index contributed by atoms with van der Waals surface area (Å²) in [4.78, 5) is 31.7. The lowest BCUT2D eigenvalue weighted by atomic mass is 10.2. The van der Waals surface area contributed by atoms with Gasteiger partial charge in [-0.2, -0.15) is 0 Å². The number of rotatable bonds is 9. The lowest BCUT2D eigenvalue weighted by molar-refractivity contribution is -0.115. The van der Waals surface area contributed by atoms with Gasteiger partial charge in [0, 0.05) is 17.9 Å². The van der Waals surface area contributed by atoms with Gasteiger partial charge < -0.3 is 24.5 Å². The van der Waals surface area contributed by atoms with Crippen LogP contribution in [-0.4, -0.2) is 37.2 Å². The molecule has 2 N–H and O–H groups in total. The van der Waals surface area contributed by atoms with Crippen molar-refractivity contribution in [2.45, 2.75) is 17.3 Å². The average molecular weight is 442 g/mol. The van der Waals surface area contributed by atoms with Crippen LogP contribution in [0, 0.1) is 0 Å². The number of ether oxygens (including phenoxy) is 3. The molecular weight excluding hydrogens is 418 g/mol. The first-order valence-electron chi connectivity index (χ1n) is 9.38. The largest absolute Gasteiger partial charge is 0.497 e. The molecule has 8 nitrogen and oxygen atoms in total. The highest BCUT2D eigenvalue weighted by atomic mass is 32.2. The summed E-state index contributed by atoms with van der Waals surface area (Å²) >= 11 is 1.37. The zero-order valence-corrected chi connectivity index (χ0v) is 18.2. The van der Waals surface area contributed by atoms with Crippen LogP contribution >= 0.6 is 11.8 Å². The molecule has 0 unspecified atom stereocenters. The van der Waals surface area contributed by atoms with Crippen molar-refractivity contribution in [2.24, 2.45) is 0 Å². The lowest BCUT2D eigenvalue weighted by Gasteiger charge is -2.11. The molecule has 0 bridgehead atoms. The second-order valence-electron chi connectivity index (χ2n) is 6.47. The van der Waals surface area contributed by atoms with Crippen molar-refractivity contribution >= 4 is 23.4 Å². The van der Waals surface area contributed by atoms with Crippen LogP contribution in [0.4, 0.5) is 5.69 Å². The molecule has 1 heterocycles. The summed E-state index contributed by atoms with van der Waals surface area (Å²) < 4.78 is 15.7. The van der Waals surface area contributed by atoms with Crippen LogP contribution in [-0.2, 0) is 17.0 Å². The van der Waals surface area contributed by atoms with Gasteiger partial charge in [0.15, 0.2) is 5.16 Å². The molecule has 2 aromatic carbocycles. The molecule has 0 aliphatic rings. The number of amides is 1. The highest BCUT2D eigenvalue weighted by Crippen LogP contribution is 2.29. The van der Waals surface area contributed by atoms with Gasteiger partial charge in [-0.05, 0) is 29.8 Å². The Morgan fingerprint density at radius 3 is 2.55 bits per heavy atom. The van der Waals surface area contributed by atoms with Gasteiger partial charge in [-0.15, -0.1) is 0 Å². The van der Waals surface area contributed by atoms with Crippen LogP contribution < -0.4 is 25.1 Å². The summed E-state index contributed by atoms with van der Waals surface area (Å²) in [5.74, 6) is 2.13. The number of hydrogen-bond donors (Lipinski definition) is 2. The van der Waals surface area contributed by atoms with Gasteiger partial charge in [-0.25, -0.2) is 4.98 Å². The van der Waals surface area contributed by atoms with E-state index in [0.717, 1.165) is 11.3 Å². The third-order valence-corrected chi connectivity index (χ3v) is 5.25. The molecule has 0 radical (unpaired) electrons. The highest BCUT2D eigenvalue weighted by molar-refractivity contribution is 7.98. The Labute approximate surface area is 184 Å². The number of carbonyl (C=O) groups excluding carboxylic acids is 1. The molecule has 3 aromatic rings. The summed E-state index contributed by atoms with van der Waals surface area (Å²) in [6.07, 6.45) is -0.0498. The molecule has 0 aliphatic heterocycles. The number of hydrogen-bond acceptors (Lipinski definition) is 7. The third-order valence-electron chi connectivity index (χ3n) is 4.31. The molecule has 162 valence electrons. The smallest absolute Gasteiger partial charge is 0.251 e. The van der Waals surface area contributed by atoms with Gasteiger partial charge in [0.2, 0.25) is 5.91 Å². The molecule has 0 fully saturated rings. The number of anilines is 1. The number of aromatic nitrogens is 2. The Balaban J connectivity index is 1.67. The Bertz CT molecular complexity index is 1120. The van der Waals surface area contributed by atoms with Crippen molar-refractivity contribution in [1.29, 1.82) is 0 Å². The van der Waals surface area contributed by atoms with Crippen LogP contribution in [0.1, 0.15) is 11.3 Å². The normalized spacial score (nSPS) is 10.4. The van der Waals surface area contributed by atoms with E-state index in [2.05, 4.69) is 15.3 Å². The van der Waals surface area contributed by atoms with Crippen LogP contribution in [0.15, 0.2) is 58.5 Å². The Morgan fingerprint density at radius 2 is 1.81 bits per heavy atom. The Kier molecular flexibility index (Phi) is 7.55. The molecule has 0 saturated heterocycles. The van der Waals surface area contributed by atoms with E-state index in [0.29, 0.717) is 33.8 Å². The van der Waals surface area contributed by atoms with E-state index < -0.39 is 0 Å². The molecule has 0 aliphatic carbocycles. The molecule has 1 amide bonds. The maximum Gasteiger partial charge on any atom is 0.251 e. The minimum atomic E-state index is -0.315. The molecule has 0 atom stereocenters. The highest BCUT2D eigenvalue weighted by Gasteiger charge is 2.12. The fourth-order valence-corrected chi connectivity index (χ4v) is 3.65. The van der Waals surface area contributed by atoms with E-state index in [9.17, 15) is 9.59 Å². The quantitative estimate of drug-likeness (QED) is 0.388. The fourth-order valence-electron chi connectivity index (χ4n) is 2.82. The zero-order chi connectivity index (χ0) is 22.2. The summed E-state index contributed by atoms with van der Waals surface area (Å²) in [5, 5.41) is 3.22. The second-order valence-corrected chi connectivity index (χ2v) is 7.44. The first-order chi connectivity index (χ1) is 15.0. The minimum Gasteiger partial charge on any atom is -0.497 e. The van der Waals surface area contributed by atoms with Crippen molar-refractivity contribution in [3.8, 4) is 17.2 Å². The fraction of sp³-hybridized carbons (Fsp3) is 0.227. The van der Waals surface area contributed by atoms with E-state index in [-0.39, 0.29) is 17.9 Å². The van der Waals surface area contributed by atoms with E-state index in [1.54, 1.807) is 32.4 Å². The van der Waals surface area contributed by atoms with Crippen molar-refractivity contribution in [3.63, 3.8) is 0 Å². The van der Waals surface area contributed by atoms with Crippen molar-refractivity contribution in [3.05, 3.63) is 70.1 Å². The average Bonchev–Trinajstić information content (AvgIpc) is 2.77. The first kappa shape index (κ1) is 22.2. The number of thioether (sulfide) groups is 1. The van der Waals surface area contributed by atoms with Crippen LogP contribution in [0.5, 0.6) is 17.2 Å². The van der Waals surface area contributed by atoms with E-state index in [4.69, 9.17) is 14.2 Å². The monoisotopic (exact) mass is 441 g/mol. The van der Waals surface area contributed by atoms with Crippen molar-refractivity contribution < 1.29 is 19.0 Å². The molecule has 31 heavy (non-hydrogen) atoms. The van der Waals surface area contributed by atoms with Crippen LogP contribution in [0.25, 0.3) is 0 Å². The van der Waals surface area contributed by atoms with Crippen molar-refractivity contribution in [2.75, 3.05) is 26.6 Å². The predicted octanol–water partition coefficient (Wildman–Crippen LogP) is 3.27. The molecule has 9 heteroatoms. The van der Waals surface area contributed by atoms with Gasteiger partial charge in [0.1, 0.15) is 17.2 Å². The van der Waals surface area contributed by atoms with E-state index in [1.165, 1.54) is 24.9 Å². The SMILES string of the molecule is COc1cccc(CSc2nc(CC(=O)Nc3ccc(OC)cc3OC)cc(=O)[nH]2)c1. The van der Waals surface area contributed by atoms with E-state index in [1.807, 2.05) is 24.3 Å². The molecular formula is C22H23N3O5S. The minimum absolute atomic E-state index is 0.0498. The Morgan fingerprint density at radius 1 is 1.03 bits per heavy atom. The number of carbonyl (C=O) groups is 1. The zero-order valence-electron chi connectivity index (χ0n) is 17.4. The van der Waals surface area contributed by atoms with Gasteiger partial charge in [0.05, 0.1) is 39.1 Å². The predicted molar refractivity (Wildman–Crippen MR) is 119 cm³/mol. The number of benzene rings is 2. The third kappa shape index (κ3) is 6.26. The van der Waals surface area contributed by atoms with Gasteiger partial charge in [-0.1, -0.05) is 23.9 Å². The number of nitrogens with one attached hydrogen (secondary N) is 2. The molecule has 0 saturated carbocycles. The summed E-state index contributed by atoms with van der Waals surface area (Å²) in [5.41, 5.74) is 1.60. The second kappa shape index (κ2) is 10.5. The van der Waals surface area contributed by atoms with Crippen LogP contribution in [0.2, 0.25) is 0 Å². The number of H-pyrrole nitrogens is 1. The number of nitrogens with zero attached hydrogens (tertiary/aromatic N) is 1. The maximum absolute atomic E-state index is 12.5.